The highest BCUT2D eigenvalue weighted by Gasteiger charge is 2.18. The number of benzene rings is 1. The van der Waals surface area contributed by atoms with Crippen molar-refractivity contribution >= 4 is 23.2 Å². The van der Waals surface area contributed by atoms with E-state index in [0.717, 1.165) is 12.1 Å². The van der Waals surface area contributed by atoms with Gasteiger partial charge in [-0.1, -0.05) is 34.4 Å². The van der Waals surface area contributed by atoms with Crippen LogP contribution in [0.2, 0.25) is 10.0 Å². The molecule has 1 heterocycles. The average Bonchev–Trinajstić information content (AvgIpc) is 2.79. The summed E-state index contributed by atoms with van der Waals surface area (Å²) >= 11 is 11.9. The molecule has 0 aliphatic rings. The van der Waals surface area contributed by atoms with E-state index in [1.165, 1.54) is 0 Å². The largest absolute Gasteiger partial charge is 0.338 e. The third kappa shape index (κ3) is 3.47. The molecule has 19 heavy (non-hydrogen) atoms. The van der Waals surface area contributed by atoms with Crippen molar-refractivity contribution in [2.45, 2.75) is 26.4 Å². The van der Waals surface area contributed by atoms with Gasteiger partial charge in [-0.05, 0) is 38.6 Å². The SMILES string of the molecule is Cc1noc(C(C)N(C)Cc2ccc(Cl)c(Cl)c2)n1. The fraction of sp³-hybridized carbons (Fsp3) is 0.385. The molecule has 0 aliphatic heterocycles. The summed E-state index contributed by atoms with van der Waals surface area (Å²) in [5, 5.41) is 4.93. The van der Waals surface area contributed by atoms with Crippen LogP contribution in [0.15, 0.2) is 22.7 Å². The second-order valence-electron chi connectivity index (χ2n) is 4.52. The maximum Gasteiger partial charge on any atom is 0.243 e. The van der Waals surface area contributed by atoms with Crippen molar-refractivity contribution in [3.63, 3.8) is 0 Å². The van der Waals surface area contributed by atoms with Gasteiger partial charge in [0.15, 0.2) is 5.82 Å². The molecule has 1 atom stereocenters. The van der Waals surface area contributed by atoms with Gasteiger partial charge in [0.25, 0.3) is 0 Å². The van der Waals surface area contributed by atoms with E-state index in [4.69, 9.17) is 27.7 Å². The fourth-order valence-electron chi connectivity index (χ4n) is 1.73. The maximum atomic E-state index is 6.01. The van der Waals surface area contributed by atoms with Crippen LogP contribution in [0, 0.1) is 6.92 Å². The van der Waals surface area contributed by atoms with Gasteiger partial charge in [0, 0.05) is 6.54 Å². The Morgan fingerprint density at radius 3 is 2.63 bits per heavy atom. The monoisotopic (exact) mass is 299 g/mol. The summed E-state index contributed by atoms with van der Waals surface area (Å²) < 4.78 is 5.18. The highest BCUT2D eigenvalue weighted by atomic mass is 35.5. The summed E-state index contributed by atoms with van der Waals surface area (Å²) in [5.74, 6) is 1.25. The Bertz CT molecular complexity index is 571. The predicted molar refractivity (Wildman–Crippen MR) is 75.4 cm³/mol. The van der Waals surface area contributed by atoms with Crippen LogP contribution in [0.25, 0.3) is 0 Å². The van der Waals surface area contributed by atoms with Gasteiger partial charge in [-0.3, -0.25) is 4.90 Å². The summed E-state index contributed by atoms with van der Waals surface area (Å²) in [5.41, 5.74) is 1.08. The van der Waals surface area contributed by atoms with Crippen LogP contribution >= 0.6 is 23.2 Å². The van der Waals surface area contributed by atoms with E-state index in [0.29, 0.717) is 21.8 Å². The molecule has 2 rings (SSSR count). The highest BCUT2D eigenvalue weighted by molar-refractivity contribution is 6.42. The van der Waals surface area contributed by atoms with Crippen LogP contribution in [-0.2, 0) is 6.54 Å². The first-order valence-corrected chi connectivity index (χ1v) is 6.67. The second-order valence-corrected chi connectivity index (χ2v) is 5.33. The van der Waals surface area contributed by atoms with E-state index in [2.05, 4.69) is 15.0 Å². The molecule has 2 aromatic rings. The van der Waals surface area contributed by atoms with Crippen molar-refractivity contribution in [1.29, 1.82) is 0 Å². The van der Waals surface area contributed by atoms with Crippen LogP contribution in [0.5, 0.6) is 0 Å². The third-order valence-corrected chi connectivity index (χ3v) is 3.72. The molecule has 0 spiro atoms. The molecule has 0 fully saturated rings. The molecule has 6 heteroatoms. The third-order valence-electron chi connectivity index (χ3n) is 2.98. The Labute approximate surface area is 122 Å². The van der Waals surface area contributed by atoms with Crippen LogP contribution in [0.3, 0.4) is 0 Å². The summed E-state index contributed by atoms with van der Waals surface area (Å²) in [7, 11) is 1.99. The van der Waals surface area contributed by atoms with Gasteiger partial charge in [0.2, 0.25) is 5.89 Å². The Kier molecular flexibility index (Phi) is 4.45. The summed E-state index contributed by atoms with van der Waals surface area (Å²) in [4.78, 5) is 6.34. The molecule has 1 unspecified atom stereocenters. The molecule has 0 saturated heterocycles. The van der Waals surface area contributed by atoms with E-state index in [1.54, 1.807) is 13.0 Å². The predicted octanol–water partition coefficient (Wildman–Crippen LogP) is 3.88. The first-order chi connectivity index (χ1) is 8.97. The molecule has 0 aliphatic carbocycles. The number of aryl methyl sites for hydroxylation is 1. The summed E-state index contributed by atoms with van der Waals surface area (Å²) in [6, 6.07) is 5.66. The number of nitrogens with zero attached hydrogens (tertiary/aromatic N) is 3. The van der Waals surface area contributed by atoms with Crippen molar-refractivity contribution < 1.29 is 4.52 Å². The molecule has 0 N–H and O–H groups in total. The van der Waals surface area contributed by atoms with Gasteiger partial charge >= 0.3 is 0 Å². The minimum absolute atomic E-state index is 0.0376. The molecule has 102 valence electrons. The van der Waals surface area contributed by atoms with Crippen molar-refractivity contribution in [2.75, 3.05) is 7.05 Å². The Morgan fingerprint density at radius 2 is 2.05 bits per heavy atom. The van der Waals surface area contributed by atoms with Crippen molar-refractivity contribution in [3.8, 4) is 0 Å². The second kappa shape index (κ2) is 5.90. The van der Waals surface area contributed by atoms with Gasteiger partial charge in [0.1, 0.15) is 0 Å². The Balaban J connectivity index is 2.07. The number of halogens is 2. The maximum absolute atomic E-state index is 6.01. The Hall–Kier alpha value is -1.10. The van der Waals surface area contributed by atoms with E-state index in [-0.39, 0.29) is 6.04 Å². The molecular weight excluding hydrogens is 285 g/mol. The van der Waals surface area contributed by atoms with Crippen LogP contribution in [0.4, 0.5) is 0 Å². The molecular formula is C13H15Cl2N3O. The molecule has 1 aromatic carbocycles. The summed E-state index contributed by atoms with van der Waals surface area (Å²) in [6.45, 7) is 4.54. The van der Waals surface area contributed by atoms with Crippen LogP contribution in [0.1, 0.15) is 30.2 Å². The van der Waals surface area contributed by atoms with Crippen molar-refractivity contribution in [1.82, 2.24) is 15.0 Å². The topological polar surface area (TPSA) is 42.2 Å². The standard InChI is InChI=1S/C13H15Cl2N3O/c1-8(13-16-9(2)17-19-13)18(3)7-10-4-5-11(14)12(15)6-10/h4-6,8H,7H2,1-3H3. The fourth-order valence-corrected chi connectivity index (χ4v) is 2.05. The van der Waals surface area contributed by atoms with Gasteiger partial charge < -0.3 is 4.52 Å². The number of aromatic nitrogens is 2. The summed E-state index contributed by atoms with van der Waals surface area (Å²) in [6.07, 6.45) is 0. The van der Waals surface area contributed by atoms with Crippen LogP contribution in [-0.4, -0.2) is 22.1 Å². The first kappa shape index (κ1) is 14.3. The molecule has 0 saturated carbocycles. The zero-order valence-electron chi connectivity index (χ0n) is 11.0. The van der Waals surface area contributed by atoms with E-state index in [9.17, 15) is 0 Å². The van der Waals surface area contributed by atoms with E-state index < -0.39 is 0 Å². The van der Waals surface area contributed by atoms with Gasteiger partial charge in [-0.15, -0.1) is 0 Å². The lowest BCUT2D eigenvalue weighted by atomic mass is 10.2. The first-order valence-electron chi connectivity index (χ1n) is 5.91. The van der Waals surface area contributed by atoms with Gasteiger partial charge in [-0.2, -0.15) is 4.98 Å². The smallest absolute Gasteiger partial charge is 0.243 e. The zero-order valence-corrected chi connectivity index (χ0v) is 12.5. The van der Waals surface area contributed by atoms with E-state index >= 15 is 0 Å². The number of hydrogen-bond donors (Lipinski definition) is 0. The van der Waals surface area contributed by atoms with Crippen molar-refractivity contribution in [2.24, 2.45) is 0 Å². The Morgan fingerprint density at radius 1 is 1.32 bits per heavy atom. The lowest BCUT2D eigenvalue weighted by molar-refractivity contribution is 0.202. The molecule has 0 bridgehead atoms. The van der Waals surface area contributed by atoms with Gasteiger partial charge in [-0.25, -0.2) is 0 Å². The van der Waals surface area contributed by atoms with Crippen molar-refractivity contribution in [3.05, 3.63) is 45.5 Å². The number of rotatable bonds is 4. The zero-order chi connectivity index (χ0) is 14.0. The van der Waals surface area contributed by atoms with Crippen LogP contribution < -0.4 is 0 Å². The highest BCUT2D eigenvalue weighted by Crippen LogP contribution is 2.25. The molecule has 4 nitrogen and oxygen atoms in total. The quantitative estimate of drug-likeness (QED) is 0.859. The lowest BCUT2D eigenvalue weighted by Crippen LogP contribution is -2.22. The molecule has 1 aromatic heterocycles. The lowest BCUT2D eigenvalue weighted by Gasteiger charge is -2.21. The molecule has 0 amide bonds. The number of hydrogen-bond acceptors (Lipinski definition) is 4. The minimum Gasteiger partial charge on any atom is -0.338 e. The molecule has 0 radical (unpaired) electrons. The minimum atomic E-state index is 0.0376. The normalized spacial score (nSPS) is 12.9. The van der Waals surface area contributed by atoms with E-state index in [1.807, 2.05) is 26.1 Å². The average molecular weight is 300 g/mol. The van der Waals surface area contributed by atoms with Gasteiger partial charge in [0.05, 0.1) is 16.1 Å².